The van der Waals surface area contributed by atoms with Crippen LogP contribution in [0.2, 0.25) is 0 Å². The van der Waals surface area contributed by atoms with Gasteiger partial charge in [-0.1, -0.05) is 18.2 Å². The Hall–Kier alpha value is -1.57. The molecular formula is C14H15NO. The molecule has 0 bridgehead atoms. The van der Waals surface area contributed by atoms with Gasteiger partial charge < -0.3 is 4.98 Å². The van der Waals surface area contributed by atoms with Crippen molar-refractivity contribution in [2.45, 2.75) is 26.7 Å². The monoisotopic (exact) mass is 213 g/mol. The standard InChI is InChI=1S/C14H15NO/c1-8-4-3-5-11-12(9(2)15-13(8)11)14(16)10-6-7-10/h3-5,10,15H,6-7H2,1-2H3. The lowest BCUT2D eigenvalue weighted by Gasteiger charge is -1.99. The van der Waals surface area contributed by atoms with Crippen LogP contribution in [0.5, 0.6) is 0 Å². The number of hydrogen-bond donors (Lipinski definition) is 1. The maximum Gasteiger partial charge on any atom is 0.168 e. The van der Waals surface area contributed by atoms with Crippen molar-refractivity contribution in [1.29, 1.82) is 0 Å². The Labute approximate surface area is 94.7 Å². The summed E-state index contributed by atoms with van der Waals surface area (Å²) < 4.78 is 0. The average molecular weight is 213 g/mol. The number of benzene rings is 1. The first kappa shape index (κ1) is 9.64. The minimum absolute atomic E-state index is 0.290. The van der Waals surface area contributed by atoms with Gasteiger partial charge in [0.05, 0.1) is 0 Å². The van der Waals surface area contributed by atoms with Crippen LogP contribution < -0.4 is 0 Å². The van der Waals surface area contributed by atoms with Gasteiger partial charge in [-0.2, -0.15) is 0 Å². The topological polar surface area (TPSA) is 32.9 Å². The molecule has 2 nitrogen and oxygen atoms in total. The van der Waals surface area contributed by atoms with Crippen LogP contribution in [-0.4, -0.2) is 10.8 Å². The summed E-state index contributed by atoms with van der Waals surface area (Å²) in [5.74, 6) is 0.618. The van der Waals surface area contributed by atoms with E-state index in [4.69, 9.17) is 0 Å². The number of carbonyl (C=O) groups excluding carboxylic acids is 1. The fourth-order valence-corrected chi connectivity index (χ4v) is 2.36. The van der Waals surface area contributed by atoms with Crippen LogP contribution in [0.25, 0.3) is 10.9 Å². The number of H-pyrrole nitrogens is 1. The van der Waals surface area contributed by atoms with Crippen LogP contribution in [0.15, 0.2) is 18.2 Å². The molecule has 1 heterocycles. The van der Waals surface area contributed by atoms with Crippen LogP contribution in [0.1, 0.15) is 34.5 Å². The number of rotatable bonds is 2. The minimum Gasteiger partial charge on any atom is -0.358 e. The molecule has 1 N–H and O–H groups in total. The highest BCUT2D eigenvalue weighted by molar-refractivity contribution is 6.11. The van der Waals surface area contributed by atoms with Gasteiger partial charge in [0.25, 0.3) is 0 Å². The second-order valence-corrected chi connectivity index (χ2v) is 4.76. The first-order valence-electron chi connectivity index (χ1n) is 5.80. The Balaban J connectivity index is 2.26. The van der Waals surface area contributed by atoms with E-state index in [0.29, 0.717) is 11.7 Å². The van der Waals surface area contributed by atoms with Crippen LogP contribution in [0, 0.1) is 19.8 Å². The molecule has 1 aromatic heterocycles. The van der Waals surface area contributed by atoms with Gasteiger partial charge >= 0.3 is 0 Å². The normalized spacial score (nSPS) is 15.6. The average Bonchev–Trinajstić information content (AvgIpc) is 3.02. The van der Waals surface area contributed by atoms with Crippen molar-refractivity contribution in [3.63, 3.8) is 0 Å². The number of Topliss-reactive ketones (excluding diaryl/α,β-unsaturated/α-hetero) is 1. The van der Waals surface area contributed by atoms with E-state index in [0.717, 1.165) is 35.0 Å². The molecule has 0 unspecified atom stereocenters. The molecule has 1 aliphatic carbocycles. The van der Waals surface area contributed by atoms with E-state index in [9.17, 15) is 4.79 Å². The highest BCUT2D eigenvalue weighted by Gasteiger charge is 2.32. The van der Waals surface area contributed by atoms with Crippen LogP contribution in [0.3, 0.4) is 0 Å². The summed E-state index contributed by atoms with van der Waals surface area (Å²) in [6.45, 7) is 4.07. The van der Waals surface area contributed by atoms with E-state index in [2.05, 4.69) is 18.0 Å². The minimum atomic E-state index is 0.290. The number of aromatic amines is 1. The number of para-hydroxylation sites is 1. The third-order valence-electron chi connectivity index (χ3n) is 3.42. The van der Waals surface area contributed by atoms with Crippen molar-refractivity contribution < 1.29 is 4.79 Å². The smallest absolute Gasteiger partial charge is 0.168 e. The molecule has 1 aliphatic rings. The van der Waals surface area contributed by atoms with Crippen molar-refractivity contribution in [1.82, 2.24) is 4.98 Å². The summed E-state index contributed by atoms with van der Waals surface area (Å²) in [4.78, 5) is 15.5. The molecule has 0 atom stereocenters. The van der Waals surface area contributed by atoms with Gasteiger partial charge in [-0.25, -0.2) is 0 Å². The molecule has 82 valence electrons. The number of fused-ring (bicyclic) bond motifs is 1. The van der Waals surface area contributed by atoms with Gasteiger partial charge in [-0.05, 0) is 32.3 Å². The molecule has 1 fully saturated rings. The molecule has 2 aromatic rings. The summed E-state index contributed by atoms with van der Waals surface area (Å²) >= 11 is 0. The lowest BCUT2D eigenvalue weighted by atomic mass is 10.0. The Bertz CT molecular complexity index is 576. The summed E-state index contributed by atoms with van der Waals surface area (Å²) in [6, 6.07) is 6.14. The molecule has 16 heavy (non-hydrogen) atoms. The zero-order valence-electron chi connectivity index (χ0n) is 9.63. The van der Waals surface area contributed by atoms with E-state index in [1.807, 2.05) is 19.1 Å². The van der Waals surface area contributed by atoms with E-state index in [1.54, 1.807) is 0 Å². The quantitative estimate of drug-likeness (QED) is 0.762. The molecule has 2 heteroatoms. The van der Waals surface area contributed by atoms with Gasteiger partial charge in [-0.3, -0.25) is 4.79 Å². The fraction of sp³-hybridized carbons (Fsp3) is 0.357. The first-order chi connectivity index (χ1) is 7.68. The molecule has 3 rings (SSSR count). The molecular weight excluding hydrogens is 198 g/mol. The molecule has 0 aliphatic heterocycles. The lowest BCUT2D eigenvalue weighted by Crippen LogP contribution is -2.02. The van der Waals surface area contributed by atoms with Crippen molar-refractivity contribution in [3.05, 3.63) is 35.0 Å². The Kier molecular flexibility index (Phi) is 1.93. The van der Waals surface area contributed by atoms with Crippen molar-refractivity contribution >= 4 is 16.7 Å². The Morgan fingerprint density at radius 1 is 1.31 bits per heavy atom. The predicted molar refractivity (Wildman–Crippen MR) is 64.8 cm³/mol. The number of nitrogens with one attached hydrogen (secondary N) is 1. The van der Waals surface area contributed by atoms with E-state index >= 15 is 0 Å². The van der Waals surface area contributed by atoms with E-state index < -0.39 is 0 Å². The van der Waals surface area contributed by atoms with Crippen molar-refractivity contribution in [2.24, 2.45) is 5.92 Å². The maximum absolute atomic E-state index is 12.2. The molecule has 1 saturated carbocycles. The third kappa shape index (κ3) is 1.29. The molecule has 0 saturated heterocycles. The second-order valence-electron chi connectivity index (χ2n) is 4.76. The Morgan fingerprint density at radius 3 is 2.75 bits per heavy atom. The highest BCUT2D eigenvalue weighted by Crippen LogP contribution is 2.36. The van der Waals surface area contributed by atoms with Crippen molar-refractivity contribution in [2.75, 3.05) is 0 Å². The van der Waals surface area contributed by atoms with Crippen molar-refractivity contribution in [3.8, 4) is 0 Å². The molecule has 1 aromatic carbocycles. The molecule has 0 amide bonds. The van der Waals surface area contributed by atoms with Crippen LogP contribution in [-0.2, 0) is 0 Å². The van der Waals surface area contributed by atoms with Crippen LogP contribution in [0.4, 0.5) is 0 Å². The van der Waals surface area contributed by atoms with Gasteiger partial charge in [0.2, 0.25) is 0 Å². The Morgan fingerprint density at radius 2 is 2.06 bits per heavy atom. The number of hydrogen-bond acceptors (Lipinski definition) is 1. The number of carbonyl (C=O) groups is 1. The van der Waals surface area contributed by atoms with E-state index in [-0.39, 0.29) is 0 Å². The maximum atomic E-state index is 12.2. The summed E-state index contributed by atoms with van der Waals surface area (Å²) in [5, 5.41) is 1.09. The third-order valence-corrected chi connectivity index (χ3v) is 3.42. The molecule has 0 radical (unpaired) electrons. The largest absolute Gasteiger partial charge is 0.358 e. The lowest BCUT2D eigenvalue weighted by molar-refractivity contribution is 0.0968. The SMILES string of the molecule is Cc1[nH]c2c(C)cccc2c1C(=O)C1CC1. The number of aromatic nitrogens is 1. The first-order valence-corrected chi connectivity index (χ1v) is 5.80. The molecule has 0 spiro atoms. The fourth-order valence-electron chi connectivity index (χ4n) is 2.36. The summed E-state index contributed by atoms with van der Waals surface area (Å²) in [7, 11) is 0. The van der Waals surface area contributed by atoms with Gasteiger partial charge in [0.1, 0.15) is 0 Å². The summed E-state index contributed by atoms with van der Waals surface area (Å²) in [6.07, 6.45) is 2.13. The zero-order valence-corrected chi connectivity index (χ0v) is 9.63. The predicted octanol–water partition coefficient (Wildman–Crippen LogP) is 3.38. The highest BCUT2D eigenvalue weighted by atomic mass is 16.1. The zero-order chi connectivity index (χ0) is 11.3. The van der Waals surface area contributed by atoms with E-state index in [1.165, 1.54) is 5.56 Å². The van der Waals surface area contributed by atoms with Gasteiger partial charge in [0.15, 0.2) is 5.78 Å². The van der Waals surface area contributed by atoms with Crippen LogP contribution >= 0.6 is 0 Å². The number of ketones is 1. The van der Waals surface area contributed by atoms with Gasteiger partial charge in [0, 0.05) is 28.1 Å². The summed E-state index contributed by atoms with van der Waals surface area (Å²) in [5.41, 5.74) is 4.25. The second kappa shape index (κ2) is 3.21. The van der Waals surface area contributed by atoms with Gasteiger partial charge in [-0.15, -0.1) is 0 Å². The number of aryl methyl sites for hydroxylation is 2.